The van der Waals surface area contributed by atoms with Crippen LogP contribution in [0.3, 0.4) is 0 Å². The van der Waals surface area contributed by atoms with E-state index in [4.69, 9.17) is 4.74 Å². The number of alkyl halides is 3. The molecule has 0 saturated carbocycles. The van der Waals surface area contributed by atoms with Gasteiger partial charge in [-0.15, -0.1) is 0 Å². The van der Waals surface area contributed by atoms with Crippen molar-refractivity contribution in [1.29, 1.82) is 0 Å². The monoisotopic (exact) mass is 385 g/mol. The first kappa shape index (κ1) is 19.5. The second kappa shape index (κ2) is 8.61. The Kier molecular flexibility index (Phi) is 5.99. The van der Waals surface area contributed by atoms with Crippen LogP contribution in [0.2, 0.25) is 0 Å². The van der Waals surface area contributed by atoms with Gasteiger partial charge in [-0.2, -0.15) is 13.2 Å². The van der Waals surface area contributed by atoms with E-state index in [-0.39, 0.29) is 6.61 Å². The van der Waals surface area contributed by atoms with Gasteiger partial charge in [0.2, 0.25) is 0 Å². The highest BCUT2D eigenvalue weighted by molar-refractivity contribution is 5.89. The molecule has 0 heterocycles. The number of ether oxygens (including phenoxy) is 1. The van der Waals surface area contributed by atoms with Crippen LogP contribution < -0.4 is 5.32 Å². The summed E-state index contributed by atoms with van der Waals surface area (Å²) in [6.45, 7) is 0.573. The number of anilines is 1. The first-order valence-corrected chi connectivity index (χ1v) is 8.63. The number of carbonyl (C=O) groups is 1. The molecule has 3 aromatic rings. The number of esters is 1. The van der Waals surface area contributed by atoms with Gasteiger partial charge in [0, 0.05) is 12.2 Å². The molecule has 144 valence electrons. The van der Waals surface area contributed by atoms with Crippen molar-refractivity contribution in [3.8, 4) is 0 Å². The summed E-state index contributed by atoms with van der Waals surface area (Å²) in [7, 11) is 0. The molecule has 0 aromatic heterocycles. The zero-order valence-corrected chi connectivity index (χ0v) is 14.9. The van der Waals surface area contributed by atoms with Crippen LogP contribution in [-0.2, 0) is 24.1 Å². The Labute approximate surface area is 160 Å². The largest absolute Gasteiger partial charge is 0.457 e. The Bertz CT molecular complexity index is 905. The third-order valence-corrected chi connectivity index (χ3v) is 4.11. The number of benzene rings is 3. The second-order valence-corrected chi connectivity index (χ2v) is 6.19. The molecule has 0 radical (unpaired) electrons. The molecule has 6 heteroatoms. The lowest BCUT2D eigenvalue weighted by atomic mass is 10.1. The predicted molar refractivity (Wildman–Crippen MR) is 101 cm³/mol. The van der Waals surface area contributed by atoms with Crippen molar-refractivity contribution in [3.05, 3.63) is 101 Å². The maximum Gasteiger partial charge on any atom is 0.416 e. The summed E-state index contributed by atoms with van der Waals surface area (Å²) in [5, 5.41) is 3.11. The lowest BCUT2D eigenvalue weighted by Crippen LogP contribution is -2.06. The molecule has 3 nitrogen and oxygen atoms in total. The van der Waals surface area contributed by atoms with E-state index in [0.29, 0.717) is 12.1 Å². The minimum Gasteiger partial charge on any atom is -0.457 e. The van der Waals surface area contributed by atoms with Crippen LogP contribution in [0, 0.1) is 0 Å². The fraction of sp³-hybridized carbons (Fsp3) is 0.136. The van der Waals surface area contributed by atoms with Crippen molar-refractivity contribution in [3.63, 3.8) is 0 Å². The Morgan fingerprint density at radius 2 is 1.46 bits per heavy atom. The van der Waals surface area contributed by atoms with Gasteiger partial charge in [-0.1, -0.05) is 42.5 Å². The molecule has 0 unspecified atom stereocenters. The van der Waals surface area contributed by atoms with Crippen molar-refractivity contribution >= 4 is 11.7 Å². The lowest BCUT2D eigenvalue weighted by molar-refractivity contribution is -0.137. The number of hydrogen-bond acceptors (Lipinski definition) is 3. The fourth-order valence-electron chi connectivity index (χ4n) is 2.55. The van der Waals surface area contributed by atoms with Crippen LogP contribution >= 0.6 is 0 Å². The summed E-state index contributed by atoms with van der Waals surface area (Å²) in [5.74, 6) is -0.418. The van der Waals surface area contributed by atoms with Crippen LogP contribution in [0.25, 0.3) is 0 Å². The molecule has 0 spiro atoms. The zero-order chi connectivity index (χ0) is 20.0. The first-order chi connectivity index (χ1) is 13.4. The van der Waals surface area contributed by atoms with Crippen molar-refractivity contribution < 1.29 is 22.7 Å². The molecule has 0 atom stereocenters. The molecule has 28 heavy (non-hydrogen) atoms. The van der Waals surface area contributed by atoms with E-state index in [1.54, 1.807) is 24.3 Å². The second-order valence-electron chi connectivity index (χ2n) is 6.19. The summed E-state index contributed by atoms with van der Waals surface area (Å²) in [5.41, 5.74) is 2.13. The number of halogens is 3. The van der Waals surface area contributed by atoms with Crippen LogP contribution in [0.15, 0.2) is 78.9 Å². The number of nitrogens with one attached hydrogen (secondary N) is 1. The summed E-state index contributed by atoms with van der Waals surface area (Å²) in [4.78, 5) is 12.1. The minimum atomic E-state index is -4.34. The van der Waals surface area contributed by atoms with Gasteiger partial charge in [0.25, 0.3) is 0 Å². The maximum atomic E-state index is 12.6. The molecule has 3 rings (SSSR count). The van der Waals surface area contributed by atoms with Crippen LogP contribution in [-0.4, -0.2) is 5.97 Å². The highest BCUT2D eigenvalue weighted by Crippen LogP contribution is 2.29. The predicted octanol–water partition coefficient (Wildman–Crippen LogP) is 5.67. The Morgan fingerprint density at radius 3 is 2.07 bits per heavy atom. The lowest BCUT2D eigenvalue weighted by Gasteiger charge is -2.10. The number of rotatable bonds is 6. The first-order valence-electron chi connectivity index (χ1n) is 8.63. The topological polar surface area (TPSA) is 38.3 Å². The quantitative estimate of drug-likeness (QED) is 0.555. The standard InChI is InChI=1S/C22H18F3NO2/c23-22(24,25)19-10-6-16(7-11-19)14-26-20-12-8-18(9-13-20)21(27)28-15-17-4-2-1-3-5-17/h1-13,26H,14-15H2. The van der Waals surface area contributed by atoms with E-state index in [1.165, 1.54) is 12.1 Å². The van der Waals surface area contributed by atoms with E-state index in [1.807, 2.05) is 30.3 Å². The summed E-state index contributed by atoms with van der Waals surface area (Å²) in [6.07, 6.45) is -4.34. The molecular formula is C22H18F3NO2. The Hall–Kier alpha value is -3.28. The third kappa shape index (κ3) is 5.36. The maximum absolute atomic E-state index is 12.6. The molecule has 0 aliphatic rings. The smallest absolute Gasteiger partial charge is 0.416 e. The number of carbonyl (C=O) groups excluding carboxylic acids is 1. The molecule has 0 saturated heterocycles. The van der Waals surface area contributed by atoms with E-state index in [9.17, 15) is 18.0 Å². The van der Waals surface area contributed by atoms with Crippen LogP contribution in [0.1, 0.15) is 27.0 Å². The van der Waals surface area contributed by atoms with Gasteiger partial charge in [0.1, 0.15) is 6.61 Å². The van der Waals surface area contributed by atoms with Gasteiger partial charge in [0.15, 0.2) is 0 Å². The van der Waals surface area contributed by atoms with Crippen LogP contribution in [0.5, 0.6) is 0 Å². The van der Waals surface area contributed by atoms with Crippen molar-refractivity contribution in [2.24, 2.45) is 0 Å². The third-order valence-electron chi connectivity index (χ3n) is 4.11. The summed E-state index contributed by atoms with van der Waals surface area (Å²) >= 11 is 0. The molecule has 0 bridgehead atoms. The average molecular weight is 385 g/mol. The van der Waals surface area contributed by atoms with E-state index in [2.05, 4.69) is 5.32 Å². The molecule has 1 N–H and O–H groups in total. The van der Waals surface area contributed by atoms with Crippen LogP contribution in [0.4, 0.5) is 18.9 Å². The normalized spacial score (nSPS) is 11.1. The van der Waals surface area contributed by atoms with Gasteiger partial charge in [-0.05, 0) is 47.5 Å². The van der Waals surface area contributed by atoms with Gasteiger partial charge in [-0.25, -0.2) is 4.79 Å². The summed E-state index contributed by atoms with van der Waals surface area (Å²) in [6, 6.07) is 21.1. The van der Waals surface area contributed by atoms with Crippen molar-refractivity contribution in [1.82, 2.24) is 0 Å². The van der Waals surface area contributed by atoms with E-state index < -0.39 is 17.7 Å². The van der Waals surface area contributed by atoms with Crippen molar-refractivity contribution in [2.75, 3.05) is 5.32 Å². The van der Waals surface area contributed by atoms with Crippen molar-refractivity contribution in [2.45, 2.75) is 19.3 Å². The summed E-state index contributed by atoms with van der Waals surface area (Å²) < 4.78 is 43.0. The molecule has 0 aliphatic heterocycles. The minimum absolute atomic E-state index is 0.202. The Balaban J connectivity index is 1.52. The van der Waals surface area contributed by atoms with Gasteiger partial charge >= 0.3 is 12.1 Å². The highest BCUT2D eigenvalue weighted by Gasteiger charge is 2.29. The molecule has 0 amide bonds. The van der Waals surface area contributed by atoms with E-state index in [0.717, 1.165) is 28.9 Å². The SMILES string of the molecule is O=C(OCc1ccccc1)c1ccc(NCc2ccc(C(F)(F)F)cc2)cc1. The number of hydrogen-bond donors (Lipinski definition) is 1. The molecular weight excluding hydrogens is 367 g/mol. The Morgan fingerprint density at radius 1 is 0.821 bits per heavy atom. The van der Waals surface area contributed by atoms with E-state index >= 15 is 0 Å². The molecule has 0 fully saturated rings. The zero-order valence-electron chi connectivity index (χ0n) is 14.9. The highest BCUT2D eigenvalue weighted by atomic mass is 19.4. The molecule has 0 aliphatic carbocycles. The van der Waals surface area contributed by atoms with Gasteiger partial charge in [0.05, 0.1) is 11.1 Å². The average Bonchev–Trinajstić information content (AvgIpc) is 2.71. The molecule has 3 aromatic carbocycles. The fourth-order valence-corrected chi connectivity index (χ4v) is 2.55. The van der Waals surface area contributed by atoms with Gasteiger partial charge in [-0.3, -0.25) is 0 Å². The van der Waals surface area contributed by atoms with Gasteiger partial charge < -0.3 is 10.1 Å².